The van der Waals surface area contributed by atoms with Gasteiger partial charge >= 0.3 is 5.04 Å². The van der Waals surface area contributed by atoms with E-state index in [2.05, 4.69) is 36.6 Å². The molecule has 3 aromatic rings. The Balaban J connectivity index is 1.58. The predicted octanol–water partition coefficient (Wildman–Crippen LogP) is 5.40. The highest BCUT2D eigenvalue weighted by atomic mass is 32.2. The van der Waals surface area contributed by atoms with E-state index in [9.17, 15) is 14.9 Å². The smallest absolute Gasteiger partial charge is 0.287 e. The minimum atomic E-state index is -0.778. The van der Waals surface area contributed by atoms with Crippen molar-refractivity contribution in [3.63, 3.8) is 0 Å². The summed E-state index contributed by atoms with van der Waals surface area (Å²) in [6, 6.07) is 24.6. The lowest BCUT2D eigenvalue weighted by Crippen LogP contribution is -2.56. The van der Waals surface area contributed by atoms with Crippen molar-refractivity contribution in [2.24, 2.45) is 5.10 Å². The number of nitrogens with one attached hydrogen (secondary N) is 1. The number of nitrogens with zero attached hydrogens (tertiary/aromatic N) is 4. The first-order valence-electron chi connectivity index (χ1n) is 11.8. The Labute approximate surface area is 213 Å². The molecule has 0 amide bonds. The molecule has 0 radical (unpaired) electrons. The van der Waals surface area contributed by atoms with E-state index in [-0.39, 0.29) is 11.5 Å². The molecular formula is C27H26N5O3S+. The van der Waals surface area contributed by atoms with Gasteiger partial charge in [-0.25, -0.2) is 5.01 Å². The number of hydrogen-bond donors (Lipinski definition) is 1. The second kappa shape index (κ2) is 9.58. The van der Waals surface area contributed by atoms with E-state index in [1.54, 1.807) is 16.8 Å². The monoisotopic (exact) mass is 500 g/mol. The molecule has 0 bridgehead atoms. The molecule has 1 spiro atoms. The molecule has 1 N–H and O–H groups in total. The maximum atomic E-state index is 12.7. The first kappa shape index (κ1) is 23.7. The topological polar surface area (TPSA) is 90.8 Å². The standard InChI is InChI=1S/C27H25N5O3S/c1-3-20-12-14-21(15-13-20)25-16-17-27(31(28-25)22-8-5-4-6-9-22)29-30(26(36-27)19(2)33)23-10-7-11-24(18-23)32(34)35/h4-15,18H,3,16-17H2,1-2H3/p+1. The van der Waals surface area contributed by atoms with E-state index in [0.29, 0.717) is 23.6 Å². The van der Waals surface area contributed by atoms with E-state index < -0.39 is 9.92 Å². The van der Waals surface area contributed by atoms with E-state index >= 15 is 0 Å². The molecule has 2 aliphatic heterocycles. The number of carbonyl (C=O) groups excluding carboxylic acids is 1. The van der Waals surface area contributed by atoms with Gasteiger partial charge in [0.15, 0.2) is 0 Å². The summed E-state index contributed by atoms with van der Waals surface area (Å²) in [6.45, 7) is 3.64. The Hall–Kier alpha value is -3.98. The van der Waals surface area contributed by atoms with Crippen LogP contribution in [0.1, 0.15) is 37.8 Å². The fourth-order valence-corrected chi connectivity index (χ4v) is 5.70. The average Bonchev–Trinajstić information content (AvgIpc) is 3.30. The van der Waals surface area contributed by atoms with Gasteiger partial charge in [0, 0.05) is 37.2 Å². The van der Waals surface area contributed by atoms with Crippen molar-refractivity contribution in [1.82, 2.24) is 5.43 Å². The lowest BCUT2D eigenvalue weighted by atomic mass is 10.0. The number of thioether (sulfide) groups is 1. The maximum Gasteiger partial charge on any atom is 0.316 e. The number of nitro benzene ring substituents is 1. The lowest BCUT2D eigenvalue weighted by molar-refractivity contribution is -0.510. The van der Waals surface area contributed by atoms with Crippen LogP contribution >= 0.6 is 11.8 Å². The summed E-state index contributed by atoms with van der Waals surface area (Å²) in [5, 5.41) is 18.9. The second-order valence-corrected chi connectivity index (χ2v) is 9.98. The number of rotatable bonds is 6. The zero-order valence-electron chi connectivity index (χ0n) is 20.0. The van der Waals surface area contributed by atoms with Crippen molar-refractivity contribution in [3.05, 3.63) is 100 Å². The van der Waals surface area contributed by atoms with Crippen LogP contribution in [0.3, 0.4) is 0 Å². The number of benzene rings is 3. The van der Waals surface area contributed by atoms with Crippen LogP contribution in [0, 0.1) is 10.1 Å². The van der Waals surface area contributed by atoms with Gasteiger partial charge in [0.2, 0.25) is 16.5 Å². The second-order valence-electron chi connectivity index (χ2n) is 8.72. The molecule has 0 saturated heterocycles. The summed E-state index contributed by atoms with van der Waals surface area (Å²) in [6.07, 6.45) is 2.33. The Morgan fingerprint density at radius 2 is 1.89 bits per heavy atom. The Morgan fingerprint density at radius 3 is 2.56 bits per heavy atom. The highest BCUT2D eigenvalue weighted by Crippen LogP contribution is 2.44. The summed E-state index contributed by atoms with van der Waals surface area (Å²) in [5.41, 5.74) is 8.16. The van der Waals surface area contributed by atoms with Crippen LogP contribution in [-0.4, -0.2) is 31.1 Å². The molecule has 0 saturated carbocycles. The van der Waals surface area contributed by atoms with Gasteiger partial charge in [0.1, 0.15) is 0 Å². The third-order valence-corrected chi connectivity index (χ3v) is 7.78. The molecule has 2 heterocycles. The van der Waals surface area contributed by atoms with Crippen molar-refractivity contribution in [2.45, 2.75) is 38.1 Å². The van der Waals surface area contributed by atoms with Crippen molar-refractivity contribution in [3.8, 4) is 0 Å². The molecule has 36 heavy (non-hydrogen) atoms. The van der Waals surface area contributed by atoms with E-state index in [1.165, 1.54) is 36.4 Å². The largest absolute Gasteiger partial charge is 0.316 e. The number of carbonyl (C=O) groups is 1. The summed E-state index contributed by atoms with van der Waals surface area (Å²) in [4.78, 5) is 22.9. The Bertz CT molecular complexity index is 1390. The van der Waals surface area contributed by atoms with Gasteiger partial charge in [0.05, 0.1) is 22.4 Å². The van der Waals surface area contributed by atoms with Gasteiger partial charge in [0.25, 0.3) is 5.69 Å². The average molecular weight is 501 g/mol. The molecule has 1 atom stereocenters. The van der Waals surface area contributed by atoms with Crippen LogP contribution in [0.4, 0.5) is 17.1 Å². The number of aryl methyl sites for hydroxylation is 1. The fourth-order valence-electron chi connectivity index (χ4n) is 4.42. The molecule has 1 unspecified atom stereocenters. The minimum Gasteiger partial charge on any atom is -0.287 e. The summed E-state index contributed by atoms with van der Waals surface area (Å²) < 4.78 is 1.66. The number of hydrazone groups is 2. The highest BCUT2D eigenvalue weighted by molar-refractivity contribution is 8.16. The fraction of sp³-hybridized carbons (Fsp3) is 0.222. The van der Waals surface area contributed by atoms with Gasteiger partial charge in [-0.1, -0.05) is 54.1 Å². The number of Topliss-reactive ketones (excluding diaryl/α,β-unsaturated/α-hetero) is 1. The molecule has 182 valence electrons. The molecule has 9 heteroatoms. The highest BCUT2D eigenvalue weighted by Gasteiger charge is 2.54. The van der Waals surface area contributed by atoms with Crippen molar-refractivity contribution in [2.75, 3.05) is 5.01 Å². The van der Waals surface area contributed by atoms with E-state index in [0.717, 1.165) is 23.4 Å². The molecule has 8 nitrogen and oxygen atoms in total. The van der Waals surface area contributed by atoms with Crippen LogP contribution in [0.5, 0.6) is 0 Å². The van der Waals surface area contributed by atoms with Gasteiger partial charge in [-0.2, -0.15) is 10.5 Å². The number of non-ortho nitro benzene ring substituents is 1. The zero-order valence-corrected chi connectivity index (χ0v) is 20.9. The summed E-state index contributed by atoms with van der Waals surface area (Å²) in [5.74, 6) is -0.131. The molecule has 0 aliphatic carbocycles. The van der Waals surface area contributed by atoms with Crippen molar-refractivity contribution >= 4 is 45.4 Å². The van der Waals surface area contributed by atoms with E-state index in [4.69, 9.17) is 5.10 Å². The molecule has 3 aromatic carbocycles. The number of para-hydroxylation sites is 1. The van der Waals surface area contributed by atoms with Gasteiger partial charge in [-0.05, 0) is 42.2 Å². The first-order valence-corrected chi connectivity index (χ1v) is 12.6. The number of hydrazine groups is 1. The van der Waals surface area contributed by atoms with Crippen molar-refractivity contribution in [1.29, 1.82) is 0 Å². The molecular weight excluding hydrogens is 474 g/mol. The molecule has 0 aromatic heterocycles. The van der Waals surface area contributed by atoms with Crippen LogP contribution < -0.4 is 10.4 Å². The quantitative estimate of drug-likeness (QED) is 0.277. The Morgan fingerprint density at radius 1 is 1.14 bits per heavy atom. The normalized spacial score (nSPS) is 19.3. The number of anilines is 1. The van der Waals surface area contributed by atoms with Crippen LogP contribution in [0.15, 0.2) is 84.0 Å². The first-order chi connectivity index (χ1) is 17.4. The molecule has 2 aliphatic rings. The molecule has 0 fully saturated rings. The number of nitro groups is 1. The molecule has 5 rings (SSSR count). The third kappa shape index (κ3) is 4.37. The van der Waals surface area contributed by atoms with Gasteiger partial charge in [-0.15, -0.1) is 0 Å². The van der Waals surface area contributed by atoms with Crippen molar-refractivity contribution < 1.29 is 14.4 Å². The van der Waals surface area contributed by atoms with Gasteiger partial charge < -0.3 is 0 Å². The third-order valence-electron chi connectivity index (χ3n) is 6.31. The summed E-state index contributed by atoms with van der Waals surface area (Å²) >= 11 is 1.40. The number of hydrogen-bond acceptors (Lipinski definition) is 7. The Kier molecular flexibility index (Phi) is 6.32. The SMILES string of the molecule is CCc1ccc(C2=NN(c3ccccc3)C3(CC2)N[N+](c2cccc([N+](=O)[O-])c2)=C(C(C)=O)S3)cc1. The maximum absolute atomic E-state index is 12.7. The van der Waals surface area contributed by atoms with E-state index in [1.807, 2.05) is 35.3 Å². The minimum absolute atomic E-state index is 0.0393. The predicted molar refractivity (Wildman–Crippen MR) is 143 cm³/mol. The lowest BCUT2D eigenvalue weighted by Gasteiger charge is -2.39. The number of ketones is 1. The summed E-state index contributed by atoms with van der Waals surface area (Å²) in [7, 11) is 0. The zero-order chi connectivity index (χ0) is 25.3. The van der Waals surface area contributed by atoms with Crippen LogP contribution in [-0.2, 0) is 11.2 Å². The van der Waals surface area contributed by atoms with Crippen LogP contribution in [0.25, 0.3) is 0 Å². The van der Waals surface area contributed by atoms with Gasteiger partial charge in [-0.3, -0.25) is 14.9 Å². The van der Waals surface area contributed by atoms with Crippen LogP contribution in [0.2, 0.25) is 0 Å².